The zero-order chi connectivity index (χ0) is 14.2. The summed E-state index contributed by atoms with van der Waals surface area (Å²) in [6.45, 7) is 0.332. The van der Waals surface area contributed by atoms with Crippen LogP contribution in [0.1, 0.15) is 44.9 Å². The molecule has 20 heavy (non-hydrogen) atoms. The molecule has 0 unspecified atom stereocenters. The normalized spacial score (nSPS) is 16.4. The van der Waals surface area contributed by atoms with Gasteiger partial charge in [-0.3, -0.25) is 4.79 Å². The number of nitrogens with one attached hydrogen (secondary N) is 1. The highest BCUT2D eigenvalue weighted by Crippen LogP contribution is 2.28. The molecule has 0 heterocycles. The first kappa shape index (κ1) is 14.7. The molecule has 0 aromatic heterocycles. The molecule has 0 bridgehead atoms. The Hall–Kier alpha value is -1.71. The topological polar surface area (TPSA) is 64.4 Å². The van der Waals surface area contributed by atoms with Crippen molar-refractivity contribution in [3.8, 4) is 5.75 Å². The molecule has 0 aliphatic heterocycles. The third kappa shape index (κ3) is 4.76. The lowest BCUT2D eigenvalue weighted by atomic mass is 10.1. The first-order valence-electron chi connectivity index (χ1n) is 7.52. The van der Waals surface area contributed by atoms with Crippen LogP contribution in [0.3, 0.4) is 0 Å². The molecule has 1 aliphatic carbocycles. The predicted octanol–water partition coefficient (Wildman–Crippen LogP) is 3.08. The highest BCUT2D eigenvalue weighted by Gasteiger charge is 2.13. The van der Waals surface area contributed by atoms with Gasteiger partial charge in [-0.2, -0.15) is 0 Å². The first-order chi connectivity index (χ1) is 9.75. The van der Waals surface area contributed by atoms with Crippen LogP contribution in [0, 0.1) is 0 Å². The zero-order valence-electron chi connectivity index (χ0n) is 11.9. The van der Waals surface area contributed by atoms with E-state index in [1.165, 1.54) is 38.5 Å². The second kappa shape index (κ2) is 7.78. The van der Waals surface area contributed by atoms with E-state index in [1.54, 1.807) is 0 Å². The van der Waals surface area contributed by atoms with E-state index in [2.05, 4.69) is 5.32 Å². The van der Waals surface area contributed by atoms with E-state index < -0.39 is 0 Å². The van der Waals surface area contributed by atoms with Gasteiger partial charge in [0.25, 0.3) is 0 Å². The number of nitrogens with two attached hydrogens (primary N) is 1. The smallest absolute Gasteiger partial charge is 0.220 e. The Morgan fingerprint density at radius 2 is 1.90 bits per heavy atom. The largest absolute Gasteiger partial charge is 0.491 e. The Morgan fingerprint density at radius 1 is 1.20 bits per heavy atom. The van der Waals surface area contributed by atoms with Gasteiger partial charge in [-0.1, -0.05) is 37.8 Å². The summed E-state index contributed by atoms with van der Waals surface area (Å²) in [6.07, 6.45) is 7.96. The number of para-hydroxylation sites is 2. The fourth-order valence-electron chi connectivity index (χ4n) is 2.62. The maximum Gasteiger partial charge on any atom is 0.220 e. The quantitative estimate of drug-likeness (QED) is 0.785. The standard InChI is InChI=1S/C16H24N2O2/c17-16(19)11-12-20-15-10-6-5-9-14(15)18-13-7-3-1-2-4-8-13/h5-6,9-10,13,18H,1-4,7-8,11-12H2,(H2,17,19). The molecule has 1 saturated carbocycles. The lowest BCUT2D eigenvalue weighted by Gasteiger charge is -2.20. The summed E-state index contributed by atoms with van der Waals surface area (Å²) < 4.78 is 5.66. The highest BCUT2D eigenvalue weighted by molar-refractivity contribution is 5.73. The molecular weight excluding hydrogens is 252 g/mol. The Balaban J connectivity index is 1.93. The van der Waals surface area contributed by atoms with Gasteiger partial charge in [0.2, 0.25) is 5.91 Å². The van der Waals surface area contributed by atoms with Crippen molar-refractivity contribution in [1.82, 2.24) is 0 Å². The molecule has 0 radical (unpaired) electrons. The van der Waals surface area contributed by atoms with Crippen molar-refractivity contribution < 1.29 is 9.53 Å². The number of carbonyl (C=O) groups is 1. The SMILES string of the molecule is NC(=O)CCOc1ccccc1NC1CCCCCC1. The molecule has 4 heteroatoms. The minimum atomic E-state index is -0.334. The van der Waals surface area contributed by atoms with Crippen LogP contribution >= 0.6 is 0 Å². The van der Waals surface area contributed by atoms with Crippen LogP contribution in [-0.4, -0.2) is 18.6 Å². The van der Waals surface area contributed by atoms with Gasteiger partial charge >= 0.3 is 0 Å². The number of rotatable bonds is 6. The second-order valence-electron chi connectivity index (χ2n) is 5.39. The average molecular weight is 276 g/mol. The molecule has 0 atom stereocenters. The summed E-state index contributed by atoms with van der Waals surface area (Å²) in [4.78, 5) is 10.8. The van der Waals surface area contributed by atoms with Crippen molar-refractivity contribution in [1.29, 1.82) is 0 Å². The van der Waals surface area contributed by atoms with Crippen molar-refractivity contribution in [3.63, 3.8) is 0 Å². The van der Waals surface area contributed by atoms with Gasteiger partial charge < -0.3 is 15.8 Å². The van der Waals surface area contributed by atoms with Gasteiger partial charge in [-0.05, 0) is 25.0 Å². The third-order valence-corrected chi connectivity index (χ3v) is 3.71. The van der Waals surface area contributed by atoms with E-state index in [9.17, 15) is 4.79 Å². The van der Waals surface area contributed by atoms with E-state index in [0.29, 0.717) is 12.6 Å². The number of hydrogen-bond acceptors (Lipinski definition) is 3. The summed E-state index contributed by atoms with van der Waals surface area (Å²) in [7, 11) is 0. The summed E-state index contributed by atoms with van der Waals surface area (Å²) in [5, 5.41) is 3.59. The van der Waals surface area contributed by atoms with E-state index >= 15 is 0 Å². The number of amides is 1. The molecule has 1 aromatic rings. The van der Waals surface area contributed by atoms with Crippen LogP contribution in [0.2, 0.25) is 0 Å². The lowest BCUT2D eigenvalue weighted by Crippen LogP contribution is -2.19. The summed E-state index contributed by atoms with van der Waals surface area (Å²) in [5.41, 5.74) is 6.14. The fourth-order valence-corrected chi connectivity index (χ4v) is 2.62. The van der Waals surface area contributed by atoms with Gasteiger partial charge in [0, 0.05) is 6.04 Å². The van der Waals surface area contributed by atoms with Gasteiger partial charge in [0.15, 0.2) is 0 Å². The molecule has 4 nitrogen and oxygen atoms in total. The van der Waals surface area contributed by atoms with Crippen LogP contribution in [-0.2, 0) is 4.79 Å². The Labute approximate surface area is 120 Å². The van der Waals surface area contributed by atoms with E-state index in [-0.39, 0.29) is 12.3 Å². The Bertz CT molecular complexity index is 426. The van der Waals surface area contributed by atoms with Crippen molar-refractivity contribution in [2.75, 3.05) is 11.9 Å². The molecule has 110 valence electrons. The molecule has 0 spiro atoms. The zero-order valence-corrected chi connectivity index (χ0v) is 11.9. The van der Waals surface area contributed by atoms with Crippen molar-refractivity contribution in [2.45, 2.75) is 51.0 Å². The average Bonchev–Trinajstić information content (AvgIpc) is 2.69. The third-order valence-electron chi connectivity index (χ3n) is 3.71. The number of ether oxygens (including phenoxy) is 1. The van der Waals surface area contributed by atoms with Gasteiger partial charge in [-0.15, -0.1) is 0 Å². The number of hydrogen-bond donors (Lipinski definition) is 2. The van der Waals surface area contributed by atoms with Crippen LogP contribution in [0.4, 0.5) is 5.69 Å². The van der Waals surface area contributed by atoms with Gasteiger partial charge in [-0.25, -0.2) is 0 Å². The summed E-state index contributed by atoms with van der Waals surface area (Å²) >= 11 is 0. The van der Waals surface area contributed by atoms with E-state index in [4.69, 9.17) is 10.5 Å². The van der Waals surface area contributed by atoms with Crippen molar-refractivity contribution in [3.05, 3.63) is 24.3 Å². The van der Waals surface area contributed by atoms with E-state index in [0.717, 1.165) is 11.4 Å². The number of primary amides is 1. The molecule has 1 aromatic carbocycles. The predicted molar refractivity (Wildman–Crippen MR) is 80.9 cm³/mol. The summed E-state index contributed by atoms with van der Waals surface area (Å²) in [5.74, 6) is 0.470. The van der Waals surface area contributed by atoms with Crippen molar-refractivity contribution >= 4 is 11.6 Å². The maximum atomic E-state index is 10.8. The minimum absolute atomic E-state index is 0.248. The molecule has 1 amide bonds. The molecule has 3 N–H and O–H groups in total. The molecule has 1 fully saturated rings. The van der Waals surface area contributed by atoms with Crippen LogP contribution in [0.5, 0.6) is 5.75 Å². The Morgan fingerprint density at radius 3 is 2.60 bits per heavy atom. The molecular formula is C16H24N2O2. The number of anilines is 1. The Kier molecular flexibility index (Phi) is 5.71. The van der Waals surface area contributed by atoms with Crippen LogP contribution < -0.4 is 15.8 Å². The number of carbonyl (C=O) groups excluding carboxylic acids is 1. The molecule has 0 saturated heterocycles. The van der Waals surface area contributed by atoms with Gasteiger partial charge in [0.05, 0.1) is 18.7 Å². The minimum Gasteiger partial charge on any atom is -0.491 e. The second-order valence-corrected chi connectivity index (χ2v) is 5.39. The first-order valence-corrected chi connectivity index (χ1v) is 7.52. The van der Waals surface area contributed by atoms with E-state index in [1.807, 2.05) is 24.3 Å². The highest BCUT2D eigenvalue weighted by atomic mass is 16.5. The fraction of sp³-hybridized carbons (Fsp3) is 0.562. The summed E-state index contributed by atoms with van der Waals surface area (Å²) in [6, 6.07) is 8.43. The number of benzene rings is 1. The van der Waals surface area contributed by atoms with Gasteiger partial charge in [0.1, 0.15) is 5.75 Å². The maximum absolute atomic E-state index is 10.8. The lowest BCUT2D eigenvalue weighted by molar-refractivity contribution is -0.118. The monoisotopic (exact) mass is 276 g/mol. The van der Waals surface area contributed by atoms with Crippen LogP contribution in [0.25, 0.3) is 0 Å². The van der Waals surface area contributed by atoms with Crippen LogP contribution in [0.15, 0.2) is 24.3 Å². The molecule has 1 aliphatic rings. The van der Waals surface area contributed by atoms with Crippen molar-refractivity contribution in [2.24, 2.45) is 5.73 Å². The molecule has 2 rings (SSSR count).